The van der Waals surface area contributed by atoms with Gasteiger partial charge in [0.25, 0.3) is 0 Å². The summed E-state index contributed by atoms with van der Waals surface area (Å²) in [6, 6.07) is 3.28. The number of rotatable bonds is 4. The molecule has 1 fully saturated rings. The number of phenolic OH excluding ortho intramolecular Hbond substituents is 1. The van der Waals surface area contributed by atoms with Crippen molar-refractivity contribution in [1.82, 2.24) is 0 Å². The maximum absolute atomic E-state index is 11.2. The predicted octanol–water partition coefficient (Wildman–Crippen LogP) is 1.83. The number of hydrogen-bond acceptors (Lipinski definition) is 5. The molecule has 1 aromatic rings. The maximum Gasteiger partial charge on any atom is 0.155 e. The van der Waals surface area contributed by atoms with E-state index in [0.717, 1.165) is 0 Å². The largest absolute Gasteiger partial charge is 0.507 e. The van der Waals surface area contributed by atoms with Gasteiger partial charge < -0.3 is 19.5 Å². The molecule has 1 N–H and O–H groups in total. The summed E-state index contributed by atoms with van der Waals surface area (Å²) in [5.74, 6) is 0.522. The maximum atomic E-state index is 11.2. The Balaban J connectivity index is 2.37. The van der Waals surface area contributed by atoms with Crippen molar-refractivity contribution in [2.75, 3.05) is 31.2 Å². The molecule has 1 aromatic carbocycles. The fourth-order valence-electron chi connectivity index (χ4n) is 2.12. The van der Waals surface area contributed by atoms with Crippen LogP contribution < -0.4 is 9.64 Å². The molecule has 1 aliphatic rings. The number of ether oxygens (including phenoxy) is 2. The van der Waals surface area contributed by atoms with Crippen LogP contribution >= 0.6 is 0 Å². The Morgan fingerprint density at radius 3 is 2.63 bits per heavy atom. The van der Waals surface area contributed by atoms with Gasteiger partial charge in [0.15, 0.2) is 6.29 Å². The van der Waals surface area contributed by atoms with Crippen molar-refractivity contribution >= 4 is 12.0 Å². The van der Waals surface area contributed by atoms with Gasteiger partial charge in [0, 0.05) is 25.2 Å². The van der Waals surface area contributed by atoms with Crippen LogP contribution in [0.5, 0.6) is 11.5 Å². The Morgan fingerprint density at radius 1 is 1.37 bits per heavy atom. The zero-order valence-electron chi connectivity index (χ0n) is 11.3. The summed E-state index contributed by atoms with van der Waals surface area (Å²) in [5, 5.41) is 9.95. The lowest BCUT2D eigenvalue weighted by Gasteiger charge is -2.30. The van der Waals surface area contributed by atoms with E-state index in [-0.39, 0.29) is 11.9 Å². The quantitative estimate of drug-likeness (QED) is 0.842. The van der Waals surface area contributed by atoms with E-state index in [9.17, 15) is 9.90 Å². The predicted molar refractivity (Wildman–Crippen MR) is 72.3 cm³/mol. The van der Waals surface area contributed by atoms with Crippen molar-refractivity contribution in [1.29, 1.82) is 0 Å². The first-order valence-electron chi connectivity index (χ1n) is 6.43. The molecule has 1 saturated heterocycles. The summed E-state index contributed by atoms with van der Waals surface area (Å²) in [6.07, 6.45) is 0.693. The van der Waals surface area contributed by atoms with Crippen LogP contribution in [-0.2, 0) is 4.74 Å². The van der Waals surface area contributed by atoms with Gasteiger partial charge in [0.1, 0.15) is 11.5 Å². The van der Waals surface area contributed by atoms with Crippen LogP contribution in [0.1, 0.15) is 24.2 Å². The monoisotopic (exact) mass is 265 g/mol. The van der Waals surface area contributed by atoms with Gasteiger partial charge in [-0.05, 0) is 13.8 Å². The number of benzene rings is 1. The summed E-state index contributed by atoms with van der Waals surface area (Å²) in [6.45, 7) is 6.47. The minimum atomic E-state index is -0.0466. The van der Waals surface area contributed by atoms with Crippen molar-refractivity contribution < 1.29 is 19.4 Å². The molecule has 0 saturated carbocycles. The zero-order chi connectivity index (χ0) is 13.8. The number of nitrogens with zero attached hydrogens (tertiary/aromatic N) is 1. The minimum Gasteiger partial charge on any atom is -0.507 e. The average molecular weight is 265 g/mol. The Morgan fingerprint density at radius 2 is 2.05 bits per heavy atom. The first-order chi connectivity index (χ1) is 9.11. The van der Waals surface area contributed by atoms with E-state index in [1.54, 1.807) is 6.07 Å². The molecule has 0 unspecified atom stereocenters. The van der Waals surface area contributed by atoms with E-state index in [0.29, 0.717) is 49.6 Å². The van der Waals surface area contributed by atoms with Crippen molar-refractivity contribution in [2.24, 2.45) is 0 Å². The molecule has 0 atom stereocenters. The molecule has 0 aliphatic carbocycles. The van der Waals surface area contributed by atoms with Crippen LogP contribution in [0.15, 0.2) is 12.1 Å². The highest BCUT2D eigenvalue weighted by Crippen LogP contribution is 2.33. The summed E-state index contributed by atoms with van der Waals surface area (Å²) in [5.41, 5.74) is 1.01. The zero-order valence-corrected chi connectivity index (χ0v) is 11.3. The van der Waals surface area contributed by atoms with Gasteiger partial charge in [0.2, 0.25) is 0 Å². The topological polar surface area (TPSA) is 59.0 Å². The van der Waals surface area contributed by atoms with Crippen LogP contribution in [0.4, 0.5) is 5.69 Å². The molecule has 1 aliphatic heterocycles. The molecule has 5 heteroatoms. The molecule has 2 rings (SSSR count). The molecule has 0 radical (unpaired) electrons. The van der Waals surface area contributed by atoms with E-state index < -0.39 is 0 Å². The molecule has 0 bridgehead atoms. The van der Waals surface area contributed by atoms with Gasteiger partial charge in [-0.1, -0.05) is 0 Å². The van der Waals surface area contributed by atoms with Crippen molar-refractivity contribution in [3.05, 3.63) is 17.7 Å². The lowest BCUT2D eigenvalue weighted by molar-refractivity contribution is 0.111. The fourth-order valence-corrected chi connectivity index (χ4v) is 2.12. The molecular formula is C14H19NO4. The Labute approximate surface area is 112 Å². The number of hydrogen-bond donors (Lipinski definition) is 1. The van der Waals surface area contributed by atoms with Gasteiger partial charge >= 0.3 is 0 Å². The number of carbonyl (C=O) groups is 1. The van der Waals surface area contributed by atoms with Crippen LogP contribution in [0, 0.1) is 0 Å². The number of carbonyl (C=O) groups excluding carboxylic acids is 1. The van der Waals surface area contributed by atoms with Gasteiger partial charge in [-0.2, -0.15) is 0 Å². The summed E-state index contributed by atoms with van der Waals surface area (Å²) in [4.78, 5) is 13.2. The second-order valence-electron chi connectivity index (χ2n) is 4.76. The molecule has 0 aromatic heterocycles. The third kappa shape index (κ3) is 3.17. The van der Waals surface area contributed by atoms with Crippen LogP contribution in [0.25, 0.3) is 0 Å². The number of phenols is 1. The Kier molecular flexibility index (Phi) is 4.27. The lowest BCUT2D eigenvalue weighted by atomic mass is 10.1. The van der Waals surface area contributed by atoms with E-state index in [4.69, 9.17) is 9.47 Å². The highest BCUT2D eigenvalue weighted by Gasteiger charge is 2.19. The van der Waals surface area contributed by atoms with E-state index in [2.05, 4.69) is 0 Å². The van der Waals surface area contributed by atoms with Gasteiger partial charge in [-0.15, -0.1) is 0 Å². The Bertz CT molecular complexity index is 453. The average Bonchev–Trinajstić information content (AvgIpc) is 2.38. The van der Waals surface area contributed by atoms with Crippen LogP contribution in [0.2, 0.25) is 0 Å². The first kappa shape index (κ1) is 13.7. The number of aromatic hydroxyl groups is 1. The normalized spacial score (nSPS) is 15.6. The first-order valence-corrected chi connectivity index (χ1v) is 6.43. The Hall–Kier alpha value is -1.75. The summed E-state index contributed by atoms with van der Waals surface area (Å²) >= 11 is 0. The molecule has 104 valence electrons. The fraction of sp³-hybridized carbons (Fsp3) is 0.500. The molecule has 5 nitrogen and oxygen atoms in total. The highest BCUT2D eigenvalue weighted by atomic mass is 16.5. The highest BCUT2D eigenvalue weighted by molar-refractivity contribution is 5.89. The number of morpholine rings is 1. The minimum absolute atomic E-state index is 0.0130. The van der Waals surface area contributed by atoms with Crippen LogP contribution in [0.3, 0.4) is 0 Å². The molecular weight excluding hydrogens is 246 g/mol. The van der Waals surface area contributed by atoms with Crippen molar-refractivity contribution in [2.45, 2.75) is 20.0 Å². The van der Waals surface area contributed by atoms with Gasteiger partial charge in [0.05, 0.1) is 30.6 Å². The molecule has 19 heavy (non-hydrogen) atoms. The second-order valence-corrected chi connectivity index (χ2v) is 4.76. The summed E-state index contributed by atoms with van der Waals surface area (Å²) < 4.78 is 10.9. The van der Waals surface area contributed by atoms with E-state index >= 15 is 0 Å². The molecule has 0 amide bonds. The van der Waals surface area contributed by atoms with E-state index in [1.165, 1.54) is 6.07 Å². The third-order valence-corrected chi connectivity index (χ3v) is 2.95. The number of anilines is 1. The summed E-state index contributed by atoms with van der Waals surface area (Å²) in [7, 11) is 0. The van der Waals surface area contributed by atoms with Gasteiger partial charge in [-0.3, -0.25) is 4.79 Å². The SMILES string of the molecule is CC(C)Oc1cc(O)c(C=O)c(N2CCOCC2)c1. The van der Waals surface area contributed by atoms with E-state index in [1.807, 2.05) is 18.7 Å². The smallest absolute Gasteiger partial charge is 0.155 e. The molecule has 0 spiro atoms. The second kappa shape index (κ2) is 5.93. The standard InChI is InChI=1S/C14H19NO4/c1-10(2)19-11-7-13(12(9-16)14(17)8-11)15-3-5-18-6-4-15/h7-10,17H,3-6H2,1-2H3. The lowest BCUT2D eigenvalue weighted by Crippen LogP contribution is -2.36. The molecule has 1 heterocycles. The van der Waals surface area contributed by atoms with Crippen molar-refractivity contribution in [3.8, 4) is 11.5 Å². The van der Waals surface area contributed by atoms with Crippen LogP contribution in [-0.4, -0.2) is 43.8 Å². The van der Waals surface area contributed by atoms with Gasteiger partial charge in [-0.25, -0.2) is 0 Å². The van der Waals surface area contributed by atoms with Crippen molar-refractivity contribution in [3.63, 3.8) is 0 Å². The third-order valence-electron chi connectivity index (χ3n) is 2.95. The number of aldehydes is 1.